The van der Waals surface area contributed by atoms with Gasteiger partial charge in [0.25, 0.3) is 0 Å². The Morgan fingerprint density at radius 1 is 1.05 bits per heavy atom. The lowest BCUT2D eigenvalue weighted by molar-refractivity contribution is 0.0720. The number of aryl methyl sites for hydroxylation is 1. The van der Waals surface area contributed by atoms with E-state index in [0.29, 0.717) is 12.1 Å². The number of nitrogens with zero attached hydrogens (tertiary/aromatic N) is 2. The van der Waals surface area contributed by atoms with Crippen LogP contribution in [0, 0.1) is 0 Å². The van der Waals surface area contributed by atoms with Crippen molar-refractivity contribution in [3.63, 3.8) is 0 Å². The van der Waals surface area contributed by atoms with Gasteiger partial charge in [0.05, 0.1) is 0 Å². The highest BCUT2D eigenvalue weighted by molar-refractivity contribution is 5.14. The molecular weight excluding hydrogens is 258 g/mol. The van der Waals surface area contributed by atoms with Crippen LogP contribution in [-0.4, -0.2) is 54.6 Å². The maximum absolute atomic E-state index is 6.03. The van der Waals surface area contributed by atoms with Gasteiger partial charge in [0.15, 0.2) is 0 Å². The van der Waals surface area contributed by atoms with E-state index in [4.69, 9.17) is 5.73 Å². The Morgan fingerprint density at radius 3 is 2.24 bits per heavy atom. The highest BCUT2D eigenvalue weighted by Gasteiger charge is 2.24. The van der Waals surface area contributed by atoms with E-state index in [-0.39, 0.29) is 0 Å². The van der Waals surface area contributed by atoms with E-state index in [0.717, 1.165) is 13.0 Å². The average Bonchev–Trinajstić information content (AvgIpc) is 2.56. The third-order valence-corrected chi connectivity index (χ3v) is 4.96. The standard InChI is InChI=1S/C18H31N3/c1-3-16(2)20-11-13-21(14-12-20)18(15-19)10-9-17-7-5-4-6-8-17/h4-8,16,18H,3,9-15,19H2,1-2H3. The molecule has 0 spiro atoms. The van der Waals surface area contributed by atoms with E-state index in [1.807, 2.05) is 0 Å². The van der Waals surface area contributed by atoms with Crippen molar-refractivity contribution in [2.45, 2.75) is 45.2 Å². The number of nitrogens with two attached hydrogens (primary N) is 1. The molecular formula is C18H31N3. The molecule has 0 bridgehead atoms. The SMILES string of the molecule is CCC(C)N1CCN(C(CN)CCc2ccccc2)CC1. The maximum atomic E-state index is 6.03. The molecule has 1 heterocycles. The minimum Gasteiger partial charge on any atom is -0.329 e. The number of benzene rings is 1. The summed E-state index contributed by atoms with van der Waals surface area (Å²) in [5, 5.41) is 0. The topological polar surface area (TPSA) is 32.5 Å². The number of piperazine rings is 1. The van der Waals surface area contributed by atoms with Crippen molar-refractivity contribution < 1.29 is 0 Å². The van der Waals surface area contributed by atoms with E-state index in [9.17, 15) is 0 Å². The Bertz CT molecular complexity index is 385. The zero-order valence-electron chi connectivity index (χ0n) is 13.7. The second-order valence-corrected chi connectivity index (χ2v) is 6.24. The number of rotatable bonds is 7. The quantitative estimate of drug-likeness (QED) is 0.836. The Labute approximate surface area is 130 Å². The molecule has 2 atom stereocenters. The summed E-state index contributed by atoms with van der Waals surface area (Å²) in [6.45, 7) is 10.1. The second kappa shape index (κ2) is 8.52. The normalized spacial score (nSPS) is 20.3. The number of hydrogen-bond donors (Lipinski definition) is 1. The van der Waals surface area contributed by atoms with Crippen LogP contribution in [0.3, 0.4) is 0 Å². The van der Waals surface area contributed by atoms with Gasteiger partial charge in [-0.3, -0.25) is 9.80 Å². The van der Waals surface area contributed by atoms with Crippen LogP contribution in [0.4, 0.5) is 0 Å². The fraction of sp³-hybridized carbons (Fsp3) is 0.667. The molecule has 0 aromatic heterocycles. The molecule has 118 valence electrons. The lowest BCUT2D eigenvalue weighted by atomic mass is 10.0. The molecule has 1 fully saturated rings. The van der Waals surface area contributed by atoms with Crippen LogP contribution >= 0.6 is 0 Å². The maximum Gasteiger partial charge on any atom is 0.0222 e. The lowest BCUT2D eigenvalue weighted by Gasteiger charge is -2.41. The fourth-order valence-electron chi connectivity index (χ4n) is 3.23. The van der Waals surface area contributed by atoms with Crippen LogP contribution in [0.1, 0.15) is 32.3 Å². The van der Waals surface area contributed by atoms with Gasteiger partial charge < -0.3 is 5.73 Å². The van der Waals surface area contributed by atoms with Gasteiger partial charge in [-0.1, -0.05) is 37.3 Å². The first kappa shape index (κ1) is 16.5. The molecule has 21 heavy (non-hydrogen) atoms. The highest BCUT2D eigenvalue weighted by atomic mass is 15.3. The van der Waals surface area contributed by atoms with Gasteiger partial charge in [-0.25, -0.2) is 0 Å². The van der Waals surface area contributed by atoms with Crippen molar-refractivity contribution in [2.75, 3.05) is 32.7 Å². The first-order valence-corrected chi connectivity index (χ1v) is 8.46. The predicted octanol–water partition coefficient (Wildman–Crippen LogP) is 2.36. The first-order valence-electron chi connectivity index (χ1n) is 8.46. The third-order valence-electron chi connectivity index (χ3n) is 4.96. The number of hydrogen-bond acceptors (Lipinski definition) is 3. The van der Waals surface area contributed by atoms with Crippen LogP contribution in [0.25, 0.3) is 0 Å². The van der Waals surface area contributed by atoms with Crippen molar-refractivity contribution in [3.05, 3.63) is 35.9 Å². The van der Waals surface area contributed by atoms with Gasteiger partial charge in [0.1, 0.15) is 0 Å². The molecule has 2 unspecified atom stereocenters. The molecule has 0 aliphatic carbocycles. The van der Waals surface area contributed by atoms with E-state index in [1.54, 1.807) is 0 Å². The zero-order chi connectivity index (χ0) is 15.1. The van der Waals surface area contributed by atoms with Crippen molar-refractivity contribution in [1.82, 2.24) is 9.80 Å². The van der Waals surface area contributed by atoms with Gasteiger partial charge in [-0.2, -0.15) is 0 Å². The average molecular weight is 289 g/mol. The third kappa shape index (κ3) is 4.80. The summed E-state index contributed by atoms with van der Waals surface area (Å²) in [7, 11) is 0. The summed E-state index contributed by atoms with van der Waals surface area (Å²) in [6.07, 6.45) is 3.55. The van der Waals surface area contributed by atoms with E-state index >= 15 is 0 Å². The van der Waals surface area contributed by atoms with Gasteiger partial charge in [-0.05, 0) is 31.7 Å². The zero-order valence-corrected chi connectivity index (χ0v) is 13.7. The second-order valence-electron chi connectivity index (χ2n) is 6.24. The minimum atomic E-state index is 0.532. The molecule has 3 heteroatoms. The molecule has 1 aliphatic rings. The lowest BCUT2D eigenvalue weighted by Crippen LogP contribution is -2.54. The van der Waals surface area contributed by atoms with Gasteiger partial charge >= 0.3 is 0 Å². The van der Waals surface area contributed by atoms with Gasteiger partial charge in [0.2, 0.25) is 0 Å². The Kier molecular flexibility index (Phi) is 6.68. The summed E-state index contributed by atoms with van der Waals surface area (Å²) in [6, 6.07) is 12.0. The molecule has 1 aliphatic heterocycles. The van der Waals surface area contributed by atoms with Crippen molar-refractivity contribution in [1.29, 1.82) is 0 Å². The Hall–Kier alpha value is -0.900. The Morgan fingerprint density at radius 2 is 1.67 bits per heavy atom. The molecule has 1 aromatic carbocycles. The summed E-state index contributed by atoms with van der Waals surface area (Å²) >= 11 is 0. The Balaban J connectivity index is 1.80. The molecule has 1 saturated heterocycles. The monoisotopic (exact) mass is 289 g/mol. The van der Waals surface area contributed by atoms with E-state index in [1.165, 1.54) is 44.6 Å². The molecule has 1 aromatic rings. The fourth-order valence-corrected chi connectivity index (χ4v) is 3.23. The van der Waals surface area contributed by atoms with Gasteiger partial charge in [0, 0.05) is 44.8 Å². The summed E-state index contributed by atoms with van der Waals surface area (Å²) < 4.78 is 0. The van der Waals surface area contributed by atoms with Crippen LogP contribution in [0.15, 0.2) is 30.3 Å². The molecule has 2 N–H and O–H groups in total. The molecule has 0 radical (unpaired) electrons. The van der Waals surface area contributed by atoms with Crippen molar-refractivity contribution in [2.24, 2.45) is 5.73 Å². The van der Waals surface area contributed by atoms with Gasteiger partial charge in [-0.15, -0.1) is 0 Å². The molecule has 2 rings (SSSR count). The van der Waals surface area contributed by atoms with Crippen LogP contribution in [0.2, 0.25) is 0 Å². The first-order chi connectivity index (χ1) is 10.2. The highest BCUT2D eigenvalue weighted by Crippen LogP contribution is 2.14. The summed E-state index contributed by atoms with van der Waals surface area (Å²) in [5.74, 6) is 0. The molecule has 0 saturated carbocycles. The summed E-state index contributed by atoms with van der Waals surface area (Å²) in [5.41, 5.74) is 7.46. The van der Waals surface area contributed by atoms with Crippen molar-refractivity contribution >= 4 is 0 Å². The minimum absolute atomic E-state index is 0.532. The van der Waals surface area contributed by atoms with E-state index < -0.39 is 0 Å². The predicted molar refractivity (Wildman–Crippen MR) is 90.5 cm³/mol. The van der Waals surface area contributed by atoms with Crippen molar-refractivity contribution in [3.8, 4) is 0 Å². The van der Waals surface area contributed by atoms with Crippen LogP contribution in [-0.2, 0) is 6.42 Å². The summed E-state index contributed by atoms with van der Waals surface area (Å²) in [4.78, 5) is 5.21. The molecule has 3 nitrogen and oxygen atoms in total. The van der Waals surface area contributed by atoms with Crippen LogP contribution < -0.4 is 5.73 Å². The van der Waals surface area contributed by atoms with E-state index in [2.05, 4.69) is 54.0 Å². The largest absolute Gasteiger partial charge is 0.329 e. The van der Waals surface area contributed by atoms with Crippen LogP contribution in [0.5, 0.6) is 0 Å². The smallest absolute Gasteiger partial charge is 0.0222 e. The molecule has 0 amide bonds.